The summed E-state index contributed by atoms with van der Waals surface area (Å²) in [7, 11) is 0. The Hall–Kier alpha value is -1.56. The van der Waals surface area contributed by atoms with Gasteiger partial charge in [-0.15, -0.1) is 0 Å². The fourth-order valence-corrected chi connectivity index (χ4v) is 3.60. The first-order chi connectivity index (χ1) is 9.81. The van der Waals surface area contributed by atoms with Gasteiger partial charge in [0.1, 0.15) is 0 Å². The third-order valence-corrected chi connectivity index (χ3v) is 4.72. The van der Waals surface area contributed by atoms with Crippen molar-refractivity contribution in [3.8, 4) is 0 Å². The lowest BCUT2D eigenvalue weighted by molar-refractivity contribution is 0.324. The molecule has 20 heavy (non-hydrogen) atoms. The highest BCUT2D eigenvalue weighted by molar-refractivity contribution is 5.23. The van der Waals surface area contributed by atoms with E-state index in [1.165, 1.54) is 43.2 Å². The first-order valence-electron chi connectivity index (χ1n) is 7.92. The topological polar surface area (TPSA) is 0 Å². The Labute approximate surface area is 122 Å². The van der Waals surface area contributed by atoms with Crippen molar-refractivity contribution < 1.29 is 0 Å². The van der Waals surface area contributed by atoms with Crippen LogP contribution in [0.1, 0.15) is 48.3 Å². The lowest BCUT2D eigenvalue weighted by Gasteiger charge is -2.29. The average molecular weight is 264 g/mol. The van der Waals surface area contributed by atoms with E-state index in [-0.39, 0.29) is 0 Å². The highest BCUT2D eigenvalue weighted by Gasteiger charge is 2.22. The van der Waals surface area contributed by atoms with E-state index in [4.69, 9.17) is 0 Å². The Bertz CT molecular complexity index is 533. The molecule has 0 nitrogen and oxygen atoms in total. The molecule has 3 rings (SSSR count). The molecular weight excluding hydrogens is 240 g/mol. The van der Waals surface area contributed by atoms with Crippen LogP contribution in [0.5, 0.6) is 0 Å². The minimum atomic E-state index is 0.796. The van der Waals surface area contributed by atoms with Gasteiger partial charge in [0.2, 0.25) is 0 Å². The zero-order valence-electron chi connectivity index (χ0n) is 12.4. The zero-order valence-corrected chi connectivity index (χ0v) is 12.4. The Morgan fingerprint density at radius 3 is 2.30 bits per heavy atom. The molecule has 0 heterocycles. The van der Waals surface area contributed by atoms with Crippen molar-refractivity contribution in [3.05, 3.63) is 71.3 Å². The highest BCUT2D eigenvalue weighted by Crippen LogP contribution is 2.36. The molecule has 1 aliphatic rings. The van der Waals surface area contributed by atoms with Crippen LogP contribution < -0.4 is 0 Å². The molecule has 0 bridgehead atoms. The van der Waals surface area contributed by atoms with Crippen molar-refractivity contribution in [2.24, 2.45) is 5.92 Å². The average Bonchev–Trinajstić information content (AvgIpc) is 2.49. The maximum Gasteiger partial charge on any atom is -0.0162 e. The number of rotatable bonds is 3. The summed E-state index contributed by atoms with van der Waals surface area (Å²) in [6.07, 6.45) is 6.76. The van der Waals surface area contributed by atoms with Crippen LogP contribution in [0, 0.1) is 12.8 Å². The van der Waals surface area contributed by atoms with E-state index in [2.05, 4.69) is 61.5 Å². The zero-order chi connectivity index (χ0) is 13.8. The second kappa shape index (κ2) is 6.26. The van der Waals surface area contributed by atoms with Gasteiger partial charge in [0.25, 0.3) is 0 Å². The van der Waals surface area contributed by atoms with Gasteiger partial charge in [-0.2, -0.15) is 0 Å². The minimum absolute atomic E-state index is 0.796. The summed E-state index contributed by atoms with van der Waals surface area (Å²) in [6, 6.07) is 20.1. The number of hydrogen-bond acceptors (Lipinski definition) is 0. The van der Waals surface area contributed by atoms with Crippen molar-refractivity contribution in [1.29, 1.82) is 0 Å². The quantitative estimate of drug-likeness (QED) is 0.685. The highest BCUT2D eigenvalue weighted by atomic mass is 14.3. The van der Waals surface area contributed by atoms with E-state index in [9.17, 15) is 0 Å². The van der Waals surface area contributed by atoms with Crippen LogP contribution in [0.3, 0.4) is 0 Å². The van der Waals surface area contributed by atoms with Crippen LogP contribution in [0.4, 0.5) is 0 Å². The molecule has 0 spiro atoms. The van der Waals surface area contributed by atoms with Gasteiger partial charge in [0.05, 0.1) is 0 Å². The summed E-state index contributed by atoms with van der Waals surface area (Å²) in [6.45, 7) is 2.19. The molecule has 0 aromatic heterocycles. The third-order valence-electron chi connectivity index (χ3n) is 4.72. The first-order valence-corrected chi connectivity index (χ1v) is 7.92. The molecule has 0 unspecified atom stereocenters. The molecule has 1 saturated carbocycles. The van der Waals surface area contributed by atoms with Gasteiger partial charge < -0.3 is 0 Å². The number of aryl methyl sites for hydroxylation is 1. The van der Waals surface area contributed by atoms with Gasteiger partial charge in [-0.3, -0.25) is 0 Å². The Kier molecular flexibility index (Phi) is 4.20. The van der Waals surface area contributed by atoms with Gasteiger partial charge in [0, 0.05) is 0 Å². The Morgan fingerprint density at radius 1 is 0.850 bits per heavy atom. The lowest BCUT2D eigenvalue weighted by atomic mass is 9.76. The fraction of sp³-hybridized carbons (Fsp3) is 0.400. The predicted octanol–water partition coefficient (Wildman–Crippen LogP) is 5.51. The van der Waals surface area contributed by atoms with Gasteiger partial charge in [-0.05, 0) is 62.0 Å². The van der Waals surface area contributed by atoms with Gasteiger partial charge in [-0.1, -0.05) is 60.2 Å². The molecule has 104 valence electrons. The van der Waals surface area contributed by atoms with Gasteiger partial charge in [-0.25, -0.2) is 0 Å². The number of benzene rings is 2. The summed E-state index contributed by atoms with van der Waals surface area (Å²) >= 11 is 0. The minimum Gasteiger partial charge on any atom is -0.0622 e. The van der Waals surface area contributed by atoms with Crippen LogP contribution in [0.15, 0.2) is 54.6 Å². The summed E-state index contributed by atoms with van der Waals surface area (Å²) in [5.74, 6) is 1.68. The van der Waals surface area contributed by atoms with Crippen LogP contribution in [-0.4, -0.2) is 0 Å². The first kappa shape index (κ1) is 13.4. The second-order valence-electron chi connectivity index (χ2n) is 6.32. The third kappa shape index (κ3) is 3.30. The van der Waals surface area contributed by atoms with E-state index >= 15 is 0 Å². The van der Waals surface area contributed by atoms with E-state index in [1.54, 1.807) is 5.56 Å². The molecule has 0 saturated heterocycles. The van der Waals surface area contributed by atoms with Crippen LogP contribution in [0.25, 0.3) is 0 Å². The monoisotopic (exact) mass is 264 g/mol. The van der Waals surface area contributed by atoms with Crippen molar-refractivity contribution in [1.82, 2.24) is 0 Å². The van der Waals surface area contributed by atoms with E-state index in [0.29, 0.717) is 0 Å². The summed E-state index contributed by atoms with van der Waals surface area (Å²) in [5, 5.41) is 0. The normalized spacial score (nSPS) is 22.6. The largest absolute Gasteiger partial charge is 0.0622 e. The second-order valence-corrected chi connectivity index (χ2v) is 6.32. The molecule has 0 atom stereocenters. The van der Waals surface area contributed by atoms with Crippen LogP contribution >= 0.6 is 0 Å². The van der Waals surface area contributed by atoms with Crippen LogP contribution in [-0.2, 0) is 6.42 Å². The smallest absolute Gasteiger partial charge is 0.0162 e. The molecule has 2 aromatic rings. The molecule has 0 heteroatoms. The lowest BCUT2D eigenvalue weighted by Crippen LogP contribution is -2.15. The predicted molar refractivity (Wildman–Crippen MR) is 86.0 cm³/mol. The Morgan fingerprint density at radius 2 is 1.60 bits per heavy atom. The standard InChI is InChI=1S/C20H24/c1-16-6-5-7-18(14-16)15-17-10-12-20(13-11-17)19-8-3-2-4-9-19/h2-9,14,17,20H,10-13,15H2,1H3. The maximum atomic E-state index is 2.35. The molecule has 0 radical (unpaired) electrons. The Balaban J connectivity index is 1.56. The summed E-state index contributed by atoms with van der Waals surface area (Å²) in [5.41, 5.74) is 4.45. The van der Waals surface area contributed by atoms with Crippen molar-refractivity contribution >= 4 is 0 Å². The molecule has 0 N–H and O–H groups in total. The molecule has 0 aliphatic heterocycles. The summed E-state index contributed by atoms with van der Waals surface area (Å²) < 4.78 is 0. The summed E-state index contributed by atoms with van der Waals surface area (Å²) in [4.78, 5) is 0. The van der Waals surface area contributed by atoms with Crippen molar-refractivity contribution in [2.75, 3.05) is 0 Å². The van der Waals surface area contributed by atoms with Crippen LogP contribution in [0.2, 0.25) is 0 Å². The van der Waals surface area contributed by atoms with E-state index in [1.807, 2.05) is 0 Å². The van der Waals surface area contributed by atoms with Gasteiger partial charge in [0.15, 0.2) is 0 Å². The van der Waals surface area contributed by atoms with Gasteiger partial charge >= 0.3 is 0 Å². The van der Waals surface area contributed by atoms with Crippen molar-refractivity contribution in [2.45, 2.75) is 44.9 Å². The fourth-order valence-electron chi connectivity index (χ4n) is 3.60. The molecule has 1 aliphatic carbocycles. The maximum absolute atomic E-state index is 2.35. The molecule has 1 fully saturated rings. The van der Waals surface area contributed by atoms with E-state index in [0.717, 1.165) is 11.8 Å². The molecule has 2 aromatic carbocycles. The van der Waals surface area contributed by atoms with E-state index < -0.39 is 0 Å². The van der Waals surface area contributed by atoms with Crippen molar-refractivity contribution in [3.63, 3.8) is 0 Å². The molecular formula is C20H24. The number of hydrogen-bond donors (Lipinski definition) is 0. The SMILES string of the molecule is Cc1cccc(CC2CCC(c3ccccc3)CC2)c1. The molecule has 0 amide bonds.